The highest BCUT2D eigenvalue weighted by Gasteiger charge is 2.09. The van der Waals surface area contributed by atoms with Crippen molar-refractivity contribution in [1.82, 2.24) is 0 Å². The summed E-state index contributed by atoms with van der Waals surface area (Å²) in [5, 5.41) is 3.68. The van der Waals surface area contributed by atoms with Crippen LogP contribution in [0.2, 0.25) is 0 Å². The molecule has 0 spiro atoms. The number of benzene rings is 2. The summed E-state index contributed by atoms with van der Waals surface area (Å²) in [5.74, 6) is 0.565. The number of anilines is 1. The van der Waals surface area contributed by atoms with Crippen LogP contribution in [0.4, 0.5) is 5.69 Å². The highest BCUT2D eigenvalue weighted by atomic mass is 14.9. The van der Waals surface area contributed by atoms with Crippen LogP contribution < -0.4 is 5.32 Å². The van der Waals surface area contributed by atoms with Crippen molar-refractivity contribution in [2.75, 3.05) is 5.32 Å². The van der Waals surface area contributed by atoms with Gasteiger partial charge in [-0.1, -0.05) is 64.1 Å². The zero-order valence-electron chi connectivity index (χ0n) is 13.7. The molecule has 0 radical (unpaired) electrons. The van der Waals surface area contributed by atoms with Crippen LogP contribution in [0.1, 0.15) is 62.8 Å². The average molecular weight is 281 g/mol. The molecule has 0 aliphatic rings. The van der Waals surface area contributed by atoms with Gasteiger partial charge < -0.3 is 5.32 Å². The van der Waals surface area contributed by atoms with Gasteiger partial charge in [-0.05, 0) is 47.6 Å². The molecule has 0 heterocycles. The molecule has 0 saturated heterocycles. The number of hydrogen-bond donors (Lipinski definition) is 1. The first-order valence-electron chi connectivity index (χ1n) is 8.09. The van der Waals surface area contributed by atoms with Crippen molar-refractivity contribution in [3.05, 3.63) is 65.2 Å². The van der Waals surface area contributed by atoms with E-state index in [9.17, 15) is 0 Å². The average Bonchev–Trinajstić information content (AvgIpc) is 2.53. The molecule has 0 amide bonds. The summed E-state index contributed by atoms with van der Waals surface area (Å²) in [6.07, 6.45) is 2.18. The summed E-state index contributed by atoms with van der Waals surface area (Å²) in [6, 6.07) is 18.1. The minimum absolute atomic E-state index is 0.373. The third-order valence-corrected chi connectivity index (χ3v) is 4.09. The van der Waals surface area contributed by atoms with Crippen molar-refractivity contribution in [3.63, 3.8) is 0 Å². The molecule has 2 aromatic rings. The van der Waals surface area contributed by atoms with Crippen LogP contribution in [0.15, 0.2) is 48.5 Å². The van der Waals surface area contributed by atoms with Crippen LogP contribution in [0, 0.1) is 0 Å². The zero-order chi connectivity index (χ0) is 15.2. The first kappa shape index (κ1) is 15.6. The molecule has 1 nitrogen and oxygen atoms in total. The Bertz CT molecular complexity index is 554. The minimum atomic E-state index is 0.373. The highest BCUT2D eigenvalue weighted by Crippen LogP contribution is 2.25. The number of nitrogens with one attached hydrogen (secondary N) is 1. The van der Waals surface area contributed by atoms with Gasteiger partial charge in [-0.3, -0.25) is 0 Å². The quantitative estimate of drug-likeness (QED) is 0.691. The van der Waals surface area contributed by atoms with Crippen LogP contribution in [0.3, 0.4) is 0 Å². The van der Waals surface area contributed by atoms with Crippen LogP contribution in [0.5, 0.6) is 0 Å². The lowest BCUT2D eigenvalue weighted by Gasteiger charge is -2.20. The van der Waals surface area contributed by atoms with E-state index in [1.165, 1.54) is 22.4 Å². The molecule has 2 aromatic carbocycles. The second-order valence-electron chi connectivity index (χ2n) is 5.98. The van der Waals surface area contributed by atoms with E-state index in [1.807, 2.05) is 0 Å². The number of hydrogen-bond acceptors (Lipinski definition) is 1. The summed E-state index contributed by atoms with van der Waals surface area (Å²) < 4.78 is 0. The Balaban J connectivity index is 2.16. The van der Waals surface area contributed by atoms with Gasteiger partial charge in [0.25, 0.3) is 0 Å². The molecule has 0 aliphatic carbocycles. The molecular weight excluding hydrogens is 254 g/mol. The molecule has 0 bridgehead atoms. The van der Waals surface area contributed by atoms with Gasteiger partial charge >= 0.3 is 0 Å². The lowest BCUT2D eigenvalue weighted by molar-refractivity contribution is 0.748. The lowest BCUT2D eigenvalue weighted by Crippen LogP contribution is -2.10. The highest BCUT2D eigenvalue weighted by molar-refractivity contribution is 5.48. The number of aryl methyl sites for hydroxylation is 1. The molecule has 1 atom stereocenters. The Hall–Kier alpha value is -1.76. The van der Waals surface area contributed by atoms with Crippen LogP contribution in [-0.2, 0) is 6.42 Å². The normalized spacial score (nSPS) is 12.4. The summed E-state index contributed by atoms with van der Waals surface area (Å²) in [7, 11) is 0. The minimum Gasteiger partial charge on any atom is -0.378 e. The van der Waals surface area contributed by atoms with Gasteiger partial charge in [0.2, 0.25) is 0 Å². The largest absolute Gasteiger partial charge is 0.378 e. The molecule has 112 valence electrons. The SMILES string of the molecule is CCc1ccc(C(CC)Nc2cccc(C(C)C)c2)cc1. The Morgan fingerprint density at radius 3 is 2.19 bits per heavy atom. The van der Waals surface area contributed by atoms with E-state index in [0.29, 0.717) is 12.0 Å². The fourth-order valence-corrected chi connectivity index (χ4v) is 2.60. The van der Waals surface area contributed by atoms with Gasteiger partial charge in [0.15, 0.2) is 0 Å². The third-order valence-electron chi connectivity index (χ3n) is 4.09. The van der Waals surface area contributed by atoms with Gasteiger partial charge in [0.1, 0.15) is 0 Å². The van der Waals surface area contributed by atoms with Gasteiger partial charge in [-0.2, -0.15) is 0 Å². The Morgan fingerprint density at radius 1 is 0.905 bits per heavy atom. The fourth-order valence-electron chi connectivity index (χ4n) is 2.60. The summed E-state index contributed by atoms with van der Waals surface area (Å²) in [6.45, 7) is 8.90. The molecule has 0 fully saturated rings. The summed E-state index contributed by atoms with van der Waals surface area (Å²) in [5.41, 5.74) is 5.36. The maximum absolute atomic E-state index is 3.68. The smallest absolute Gasteiger partial charge is 0.0511 e. The van der Waals surface area contributed by atoms with Gasteiger partial charge in [-0.15, -0.1) is 0 Å². The van der Waals surface area contributed by atoms with Crippen molar-refractivity contribution in [1.29, 1.82) is 0 Å². The van der Waals surface area contributed by atoms with E-state index in [1.54, 1.807) is 0 Å². The topological polar surface area (TPSA) is 12.0 Å². The van der Waals surface area contributed by atoms with Crippen LogP contribution in [-0.4, -0.2) is 0 Å². The van der Waals surface area contributed by atoms with Crippen LogP contribution >= 0.6 is 0 Å². The second-order valence-corrected chi connectivity index (χ2v) is 5.98. The van der Waals surface area contributed by atoms with E-state index < -0.39 is 0 Å². The van der Waals surface area contributed by atoms with Crippen molar-refractivity contribution in [2.24, 2.45) is 0 Å². The van der Waals surface area contributed by atoms with Gasteiger partial charge in [0.05, 0.1) is 6.04 Å². The first-order valence-corrected chi connectivity index (χ1v) is 8.09. The maximum atomic E-state index is 3.68. The summed E-state index contributed by atoms with van der Waals surface area (Å²) in [4.78, 5) is 0. The van der Waals surface area contributed by atoms with Crippen molar-refractivity contribution in [2.45, 2.75) is 52.5 Å². The summed E-state index contributed by atoms with van der Waals surface area (Å²) >= 11 is 0. The predicted molar refractivity (Wildman–Crippen MR) is 93.0 cm³/mol. The van der Waals surface area contributed by atoms with Crippen molar-refractivity contribution >= 4 is 5.69 Å². The van der Waals surface area contributed by atoms with Crippen molar-refractivity contribution in [3.8, 4) is 0 Å². The van der Waals surface area contributed by atoms with Gasteiger partial charge in [0, 0.05) is 5.69 Å². The van der Waals surface area contributed by atoms with E-state index in [2.05, 4.69) is 81.5 Å². The molecule has 0 aliphatic heterocycles. The lowest BCUT2D eigenvalue weighted by atomic mass is 10.00. The van der Waals surface area contributed by atoms with E-state index in [-0.39, 0.29) is 0 Å². The molecule has 0 aromatic heterocycles. The molecule has 1 unspecified atom stereocenters. The predicted octanol–water partition coefficient (Wildman–Crippen LogP) is 5.94. The van der Waals surface area contributed by atoms with E-state index in [0.717, 1.165) is 12.8 Å². The second kappa shape index (κ2) is 7.31. The maximum Gasteiger partial charge on any atom is 0.0511 e. The zero-order valence-corrected chi connectivity index (χ0v) is 13.7. The Kier molecular flexibility index (Phi) is 5.44. The third kappa shape index (κ3) is 4.10. The van der Waals surface area contributed by atoms with Crippen molar-refractivity contribution < 1.29 is 0 Å². The van der Waals surface area contributed by atoms with E-state index >= 15 is 0 Å². The van der Waals surface area contributed by atoms with E-state index in [4.69, 9.17) is 0 Å². The molecular formula is C20H27N. The molecule has 21 heavy (non-hydrogen) atoms. The Morgan fingerprint density at radius 2 is 1.62 bits per heavy atom. The molecule has 2 rings (SSSR count). The van der Waals surface area contributed by atoms with Gasteiger partial charge in [-0.25, -0.2) is 0 Å². The Labute approximate surface area is 129 Å². The first-order chi connectivity index (χ1) is 10.1. The van der Waals surface area contributed by atoms with Crippen LogP contribution in [0.25, 0.3) is 0 Å². The number of rotatable bonds is 6. The molecule has 1 heteroatoms. The molecule has 1 N–H and O–H groups in total. The monoisotopic (exact) mass is 281 g/mol. The fraction of sp³-hybridized carbons (Fsp3) is 0.400. The standard InChI is InChI=1S/C20H27N/c1-5-16-10-12-17(13-11-16)20(6-2)21-19-9-7-8-18(14-19)15(3)4/h7-15,20-21H,5-6H2,1-4H3. The molecule has 0 saturated carbocycles.